The molecule has 24 heavy (non-hydrogen) atoms. The average molecular weight is 356 g/mol. The summed E-state index contributed by atoms with van der Waals surface area (Å²) in [6.45, 7) is 5.45. The Morgan fingerprint density at radius 3 is 2.04 bits per heavy atom. The summed E-state index contributed by atoms with van der Waals surface area (Å²) in [5.74, 6) is -1.40. The fraction of sp³-hybridized carbons (Fsp3) is 0.500. The minimum absolute atomic E-state index is 0.101. The lowest BCUT2D eigenvalue weighted by atomic mass is 9.79. The van der Waals surface area contributed by atoms with Gasteiger partial charge in [0, 0.05) is 18.7 Å². The molecule has 8 heteroatoms. The molecule has 1 amide bonds. The molecular weight excluding hydrogens is 332 g/mol. The minimum atomic E-state index is -3.54. The lowest BCUT2D eigenvalue weighted by Gasteiger charge is -2.25. The molecule has 1 rings (SSSR count). The van der Waals surface area contributed by atoms with Crippen LogP contribution in [0.5, 0.6) is 0 Å². The summed E-state index contributed by atoms with van der Waals surface area (Å²) in [5, 5.41) is 12.0. The van der Waals surface area contributed by atoms with Gasteiger partial charge in [0.15, 0.2) is 0 Å². The number of amides is 1. The molecule has 134 valence electrons. The van der Waals surface area contributed by atoms with Gasteiger partial charge in [0.2, 0.25) is 15.9 Å². The highest BCUT2D eigenvalue weighted by atomic mass is 32.2. The van der Waals surface area contributed by atoms with Crippen LogP contribution >= 0.6 is 0 Å². The minimum Gasteiger partial charge on any atom is -0.481 e. The number of carboxylic acids is 1. The first-order valence-electron chi connectivity index (χ1n) is 7.83. The summed E-state index contributed by atoms with van der Waals surface area (Å²) < 4.78 is 26.1. The highest BCUT2D eigenvalue weighted by molar-refractivity contribution is 7.89. The Bertz CT molecular complexity index is 679. The number of nitrogens with one attached hydrogen (secondary N) is 2. The first kappa shape index (κ1) is 20.1. The number of anilines is 1. The van der Waals surface area contributed by atoms with Crippen LogP contribution in [-0.2, 0) is 19.6 Å². The molecule has 7 nitrogen and oxygen atoms in total. The molecule has 0 atom stereocenters. The second-order valence-corrected chi connectivity index (χ2v) is 7.31. The molecule has 1 aromatic carbocycles. The van der Waals surface area contributed by atoms with Gasteiger partial charge >= 0.3 is 5.97 Å². The standard InChI is InChI=1S/C16H24N2O5S/c1-4-16(5-2,15(20)21)11-14(19)18-12-7-9-13(10-8-12)24(22,23)17-6-3/h7-10,17H,4-6,11H2,1-3H3,(H,18,19)(H,20,21). The molecule has 0 bridgehead atoms. The Hall–Kier alpha value is -1.93. The van der Waals surface area contributed by atoms with Crippen molar-refractivity contribution in [2.24, 2.45) is 5.41 Å². The third kappa shape index (κ3) is 4.78. The maximum Gasteiger partial charge on any atom is 0.310 e. The van der Waals surface area contributed by atoms with Gasteiger partial charge in [-0.3, -0.25) is 9.59 Å². The zero-order chi connectivity index (χ0) is 18.4. The lowest BCUT2D eigenvalue weighted by molar-refractivity contribution is -0.151. The summed E-state index contributed by atoms with van der Waals surface area (Å²) in [6.07, 6.45) is 0.574. The molecule has 0 spiro atoms. The van der Waals surface area contributed by atoms with Gasteiger partial charge in [0.25, 0.3) is 0 Å². The summed E-state index contributed by atoms with van der Waals surface area (Å²) in [5.41, 5.74) is -0.666. The third-order valence-corrected chi connectivity index (χ3v) is 5.65. The van der Waals surface area contributed by atoms with Gasteiger partial charge in [-0.1, -0.05) is 20.8 Å². The van der Waals surface area contributed by atoms with Crippen molar-refractivity contribution in [3.63, 3.8) is 0 Å². The lowest BCUT2D eigenvalue weighted by Crippen LogP contribution is -2.34. The van der Waals surface area contributed by atoms with Crippen LogP contribution in [0.3, 0.4) is 0 Å². The van der Waals surface area contributed by atoms with Crippen molar-refractivity contribution in [2.75, 3.05) is 11.9 Å². The molecular formula is C16H24N2O5S. The number of hydrogen-bond donors (Lipinski definition) is 3. The van der Waals surface area contributed by atoms with E-state index in [0.717, 1.165) is 0 Å². The molecule has 0 aliphatic heterocycles. The van der Waals surface area contributed by atoms with Gasteiger partial charge < -0.3 is 10.4 Å². The molecule has 0 heterocycles. The SMILES string of the molecule is CCNS(=O)(=O)c1ccc(NC(=O)CC(CC)(CC)C(=O)O)cc1. The maximum absolute atomic E-state index is 12.1. The number of hydrogen-bond acceptors (Lipinski definition) is 4. The van der Waals surface area contributed by atoms with E-state index in [1.165, 1.54) is 24.3 Å². The molecule has 0 fully saturated rings. The van der Waals surface area contributed by atoms with Crippen LogP contribution in [0.25, 0.3) is 0 Å². The van der Waals surface area contributed by atoms with Crippen LogP contribution < -0.4 is 10.0 Å². The van der Waals surface area contributed by atoms with E-state index in [2.05, 4.69) is 10.0 Å². The van der Waals surface area contributed by atoms with E-state index in [-0.39, 0.29) is 17.9 Å². The molecule has 0 saturated carbocycles. The Labute approximate surface area is 142 Å². The largest absolute Gasteiger partial charge is 0.481 e. The van der Waals surface area contributed by atoms with Crippen LogP contribution in [0.15, 0.2) is 29.2 Å². The van der Waals surface area contributed by atoms with Crippen molar-refractivity contribution in [3.8, 4) is 0 Å². The van der Waals surface area contributed by atoms with Gasteiger partial charge in [-0.05, 0) is 37.1 Å². The van der Waals surface area contributed by atoms with Gasteiger partial charge in [-0.25, -0.2) is 13.1 Å². The molecule has 3 N–H and O–H groups in total. The van der Waals surface area contributed by atoms with Crippen molar-refractivity contribution < 1.29 is 23.1 Å². The topological polar surface area (TPSA) is 113 Å². The van der Waals surface area contributed by atoms with Gasteiger partial charge in [-0.15, -0.1) is 0 Å². The highest BCUT2D eigenvalue weighted by Crippen LogP contribution is 2.31. The molecule has 0 radical (unpaired) electrons. The molecule has 0 unspecified atom stereocenters. The number of aliphatic carboxylic acids is 1. The van der Waals surface area contributed by atoms with Gasteiger partial charge in [0.1, 0.15) is 0 Å². The Kier molecular flexibility index (Phi) is 6.92. The second kappa shape index (κ2) is 8.25. The van der Waals surface area contributed by atoms with Crippen LogP contribution in [0.2, 0.25) is 0 Å². The zero-order valence-corrected chi connectivity index (χ0v) is 14.9. The van der Waals surface area contributed by atoms with Crippen molar-refractivity contribution >= 4 is 27.6 Å². The molecule has 0 saturated heterocycles. The summed E-state index contributed by atoms with van der Waals surface area (Å²) in [7, 11) is -3.54. The number of carbonyl (C=O) groups excluding carboxylic acids is 1. The number of carboxylic acid groups (broad SMARTS) is 1. The van der Waals surface area contributed by atoms with Crippen molar-refractivity contribution in [1.82, 2.24) is 4.72 Å². The number of sulfonamides is 1. The fourth-order valence-corrected chi connectivity index (χ4v) is 3.42. The Morgan fingerprint density at radius 1 is 1.08 bits per heavy atom. The predicted octanol–water partition coefficient (Wildman–Crippen LogP) is 2.20. The van der Waals surface area contributed by atoms with Crippen LogP contribution in [-0.4, -0.2) is 31.9 Å². The van der Waals surface area contributed by atoms with Crippen molar-refractivity contribution in [1.29, 1.82) is 0 Å². The normalized spacial score (nSPS) is 12.0. The summed E-state index contributed by atoms with van der Waals surface area (Å²) >= 11 is 0. The fourth-order valence-electron chi connectivity index (χ4n) is 2.38. The number of benzene rings is 1. The van der Waals surface area contributed by atoms with Gasteiger partial charge in [-0.2, -0.15) is 0 Å². The van der Waals surface area contributed by atoms with E-state index >= 15 is 0 Å². The average Bonchev–Trinajstić information content (AvgIpc) is 2.53. The number of carbonyl (C=O) groups is 2. The quantitative estimate of drug-likeness (QED) is 0.628. The van der Waals surface area contributed by atoms with Crippen LogP contribution in [0, 0.1) is 5.41 Å². The van der Waals surface area contributed by atoms with Crippen LogP contribution in [0.4, 0.5) is 5.69 Å². The summed E-state index contributed by atoms with van der Waals surface area (Å²) in [4.78, 5) is 23.7. The predicted molar refractivity (Wildman–Crippen MR) is 91.2 cm³/mol. The van der Waals surface area contributed by atoms with Crippen molar-refractivity contribution in [2.45, 2.75) is 44.9 Å². The van der Waals surface area contributed by atoms with E-state index in [4.69, 9.17) is 0 Å². The second-order valence-electron chi connectivity index (χ2n) is 5.54. The third-order valence-electron chi connectivity index (χ3n) is 4.09. The van der Waals surface area contributed by atoms with Gasteiger partial charge in [0.05, 0.1) is 10.3 Å². The van der Waals surface area contributed by atoms with E-state index in [1.54, 1.807) is 20.8 Å². The molecule has 0 aliphatic carbocycles. The zero-order valence-electron chi connectivity index (χ0n) is 14.1. The number of rotatable bonds is 9. The van der Waals surface area contributed by atoms with E-state index in [9.17, 15) is 23.1 Å². The first-order chi connectivity index (χ1) is 11.2. The molecule has 1 aromatic rings. The van der Waals surface area contributed by atoms with E-state index in [1.807, 2.05) is 0 Å². The Morgan fingerprint density at radius 2 is 1.62 bits per heavy atom. The highest BCUT2D eigenvalue weighted by Gasteiger charge is 2.37. The molecule has 0 aliphatic rings. The van der Waals surface area contributed by atoms with E-state index < -0.39 is 27.3 Å². The van der Waals surface area contributed by atoms with Crippen LogP contribution in [0.1, 0.15) is 40.0 Å². The molecule has 0 aromatic heterocycles. The monoisotopic (exact) mass is 356 g/mol. The van der Waals surface area contributed by atoms with E-state index in [0.29, 0.717) is 18.5 Å². The Balaban J connectivity index is 2.83. The maximum atomic E-state index is 12.1. The van der Waals surface area contributed by atoms with Crippen molar-refractivity contribution in [3.05, 3.63) is 24.3 Å². The smallest absolute Gasteiger partial charge is 0.310 e. The summed E-state index contributed by atoms with van der Waals surface area (Å²) in [6, 6.07) is 5.72. The first-order valence-corrected chi connectivity index (χ1v) is 9.32.